The standard InChI is InChI=1S/C33H35FN8O3/c1-22-30(32(44)42(40(22)3)26-7-5-4-6-8-26)31(43)36-24-11-14-28(27(34)21-24)45-29-15-16-35-33(38-29)37-23-9-12-25(13-10-23)41-19-17-39(2)18-20-41/h4-16,21,32,44H,17-20H2,1-3H3,(H,36,43)(H,35,37,38). The number of aliphatic hydroxyl groups is 1. The smallest absolute Gasteiger partial charge is 0.258 e. The lowest BCUT2D eigenvalue weighted by molar-refractivity contribution is -0.113. The number of carbonyl (C=O) groups excluding carboxylic acids is 1. The fourth-order valence-electron chi connectivity index (χ4n) is 5.37. The molecule has 3 heterocycles. The van der Waals surface area contributed by atoms with Crippen molar-refractivity contribution < 1.29 is 19.0 Å². The van der Waals surface area contributed by atoms with Crippen LogP contribution in [0.15, 0.2) is 96.3 Å². The second-order valence-electron chi connectivity index (χ2n) is 11.0. The molecule has 0 spiro atoms. The molecule has 1 aromatic heterocycles. The van der Waals surface area contributed by atoms with Crippen LogP contribution < -0.4 is 25.3 Å². The first-order valence-electron chi connectivity index (χ1n) is 14.7. The van der Waals surface area contributed by atoms with Crippen LogP contribution in [0.25, 0.3) is 0 Å². The summed E-state index contributed by atoms with van der Waals surface area (Å²) in [5, 5.41) is 20.2. The molecule has 4 aromatic rings. The van der Waals surface area contributed by atoms with Crippen molar-refractivity contribution in [2.75, 3.05) is 60.8 Å². The van der Waals surface area contributed by atoms with Gasteiger partial charge in [-0.25, -0.2) is 9.37 Å². The van der Waals surface area contributed by atoms with Crippen LogP contribution in [0.3, 0.4) is 0 Å². The van der Waals surface area contributed by atoms with Gasteiger partial charge in [0, 0.05) is 74.3 Å². The Morgan fingerprint density at radius 2 is 1.64 bits per heavy atom. The molecular weight excluding hydrogens is 575 g/mol. The van der Waals surface area contributed by atoms with Crippen molar-refractivity contribution in [2.45, 2.75) is 13.2 Å². The van der Waals surface area contributed by atoms with Crippen LogP contribution in [-0.2, 0) is 4.79 Å². The van der Waals surface area contributed by atoms with Crippen LogP contribution in [0.1, 0.15) is 6.92 Å². The van der Waals surface area contributed by atoms with Gasteiger partial charge in [-0.05, 0) is 62.5 Å². The number of benzene rings is 3. The van der Waals surface area contributed by atoms with Gasteiger partial charge in [-0.15, -0.1) is 0 Å². The quantitative estimate of drug-likeness (QED) is 0.257. The summed E-state index contributed by atoms with van der Waals surface area (Å²) in [4.78, 5) is 26.5. The van der Waals surface area contributed by atoms with Crippen molar-refractivity contribution in [3.05, 3.63) is 102 Å². The Morgan fingerprint density at radius 3 is 2.36 bits per heavy atom. The number of rotatable bonds is 8. The minimum atomic E-state index is -1.21. The van der Waals surface area contributed by atoms with Crippen LogP contribution in [0.4, 0.5) is 33.1 Å². The zero-order valence-electron chi connectivity index (χ0n) is 25.3. The fourth-order valence-corrected chi connectivity index (χ4v) is 5.37. The highest BCUT2D eigenvalue weighted by Crippen LogP contribution is 2.33. The molecule has 12 heteroatoms. The Labute approximate surface area is 261 Å². The molecule has 3 N–H and O–H groups in total. The van der Waals surface area contributed by atoms with Gasteiger partial charge < -0.3 is 30.3 Å². The van der Waals surface area contributed by atoms with Crippen molar-refractivity contribution in [3.63, 3.8) is 0 Å². The van der Waals surface area contributed by atoms with Crippen LogP contribution in [0.5, 0.6) is 11.6 Å². The molecule has 3 aromatic carbocycles. The third-order valence-electron chi connectivity index (χ3n) is 7.98. The minimum absolute atomic E-state index is 0.0690. The maximum Gasteiger partial charge on any atom is 0.258 e. The third-order valence-corrected chi connectivity index (χ3v) is 7.98. The largest absolute Gasteiger partial charge is 0.436 e. The van der Waals surface area contributed by atoms with Gasteiger partial charge in [0.15, 0.2) is 17.8 Å². The van der Waals surface area contributed by atoms with Crippen LogP contribution in [0.2, 0.25) is 0 Å². The molecule has 11 nitrogen and oxygen atoms in total. The second-order valence-corrected chi connectivity index (χ2v) is 11.0. The molecule has 1 saturated heterocycles. The number of piperazine rings is 1. The number of anilines is 5. The highest BCUT2D eigenvalue weighted by molar-refractivity contribution is 6.05. The summed E-state index contributed by atoms with van der Waals surface area (Å²) in [6, 6.07) is 22.9. The van der Waals surface area contributed by atoms with Crippen LogP contribution in [-0.4, -0.2) is 77.4 Å². The summed E-state index contributed by atoms with van der Waals surface area (Å²) in [5.74, 6) is -0.850. The number of ether oxygens (including phenoxy) is 1. The zero-order chi connectivity index (χ0) is 31.5. The highest BCUT2D eigenvalue weighted by atomic mass is 19.1. The van der Waals surface area contributed by atoms with Crippen molar-refractivity contribution >= 4 is 34.6 Å². The van der Waals surface area contributed by atoms with E-state index >= 15 is 4.39 Å². The number of aromatic nitrogens is 2. The first-order chi connectivity index (χ1) is 21.8. The molecule has 45 heavy (non-hydrogen) atoms. The zero-order valence-corrected chi connectivity index (χ0v) is 25.3. The molecule has 2 aliphatic rings. The number of hydrogen-bond donors (Lipinski definition) is 3. The molecule has 1 unspecified atom stereocenters. The van der Waals surface area contributed by atoms with Crippen LogP contribution in [0, 0.1) is 5.82 Å². The van der Waals surface area contributed by atoms with Gasteiger partial charge in [-0.3, -0.25) is 14.8 Å². The maximum atomic E-state index is 15.1. The van der Waals surface area contributed by atoms with Crippen molar-refractivity contribution in [1.29, 1.82) is 0 Å². The van der Waals surface area contributed by atoms with Gasteiger partial charge in [0.25, 0.3) is 5.91 Å². The second kappa shape index (κ2) is 12.8. The third kappa shape index (κ3) is 6.52. The van der Waals surface area contributed by atoms with E-state index in [4.69, 9.17) is 4.74 Å². The number of halogens is 1. The number of nitrogens with one attached hydrogen (secondary N) is 2. The minimum Gasteiger partial charge on any atom is -0.436 e. The normalized spacial score (nSPS) is 17.1. The summed E-state index contributed by atoms with van der Waals surface area (Å²) in [6.07, 6.45) is 0.314. The van der Waals surface area contributed by atoms with Crippen molar-refractivity contribution in [2.24, 2.45) is 0 Å². The molecule has 2 aliphatic heterocycles. The molecule has 6 rings (SSSR count). The van der Waals surface area contributed by atoms with Gasteiger partial charge >= 0.3 is 0 Å². The number of allylic oxidation sites excluding steroid dienone is 1. The molecule has 0 radical (unpaired) electrons. The molecule has 1 fully saturated rings. The number of likely N-dealkylation sites (N-methyl/N-ethyl adjacent to an activating group) is 1. The first-order valence-corrected chi connectivity index (χ1v) is 14.7. The summed E-state index contributed by atoms with van der Waals surface area (Å²) in [6.45, 7) is 5.79. The van der Waals surface area contributed by atoms with Gasteiger partial charge in [-0.2, -0.15) is 4.98 Å². The Kier molecular flexibility index (Phi) is 8.49. The molecule has 0 bridgehead atoms. The van der Waals surface area contributed by atoms with E-state index in [0.29, 0.717) is 11.6 Å². The topological polar surface area (TPSA) is 109 Å². The highest BCUT2D eigenvalue weighted by Gasteiger charge is 2.37. The lowest BCUT2D eigenvalue weighted by atomic mass is 10.1. The first kappa shape index (κ1) is 29.9. The Bertz CT molecular complexity index is 1690. The molecule has 1 atom stereocenters. The van der Waals surface area contributed by atoms with E-state index in [-0.39, 0.29) is 22.9 Å². The summed E-state index contributed by atoms with van der Waals surface area (Å²) < 4.78 is 20.8. The summed E-state index contributed by atoms with van der Waals surface area (Å²) in [7, 11) is 3.89. The predicted octanol–water partition coefficient (Wildman–Crippen LogP) is 4.80. The van der Waals surface area contributed by atoms with Crippen LogP contribution >= 0.6 is 0 Å². The fraction of sp³-hybridized carbons (Fsp3) is 0.242. The number of carbonyl (C=O) groups is 1. The predicted molar refractivity (Wildman–Crippen MR) is 172 cm³/mol. The monoisotopic (exact) mass is 610 g/mol. The average Bonchev–Trinajstić information content (AvgIpc) is 3.27. The number of hydrogen-bond acceptors (Lipinski definition) is 10. The Hall–Kier alpha value is -5.20. The van der Waals surface area contributed by atoms with E-state index in [1.54, 1.807) is 24.0 Å². The Morgan fingerprint density at radius 1 is 0.933 bits per heavy atom. The van der Waals surface area contributed by atoms with E-state index in [1.807, 2.05) is 42.5 Å². The maximum absolute atomic E-state index is 15.1. The number of aliphatic hydroxyl groups excluding tert-OH is 1. The number of amides is 1. The lowest BCUT2D eigenvalue weighted by Gasteiger charge is -2.34. The molecular formula is C33H35FN8O3. The SMILES string of the molecule is CC1=C(C(=O)Nc2ccc(Oc3ccnc(Nc4ccc(N5CCN(C)CC5)cc4)n3)c(F)c2)C(O)N(c2ccccc2)N1C. The van der Waals surface area contributed by atoms with E-state index in [9.17, 15) is 9.90 Å². The van der Waals surface area contributed by atoms with Gasteiger partial charge in [0.2, 0.25) is 11.8 Å². The van der Waals surface area contributed by atoms with Gasteiger partial charge in [-0.1, -0.05) is 18.2 Å². The molecule has 0 saturated carbocycles. The molecule has 1 amide bonds. The molecule has 232 valence electrons. The van der Waals surface area contributed by atoms with Gasteiger partial charge in [0.1, 0.15) is 0 Å². The van der Waals surface area contributed by atoms with E-state index in [1.165, 1.54) is 24.4 Å². The van der Waals surface area contributed by atoms with E-state index in [2.05, 4.69) is 49.6 Å². The van der Waals surface area contributed by atoms with Gasteiger partial charge in [0.05, 0.1) is 11.3 Å². The van der Waals surface area contributed by atoms with Crippen molar-refractivity contribution in [1.82, 2.24) is 19.9 Å². The Balaban J connectivity index is 1.08. The lowest BCUT2D eigenvalue weighted by Crippen LogP contribution is -2.44. The van der Waals surface area contributed by atoms with E-state index in [0.717, 1.165) is 49.3 Å². The summed E-state index contributed by atoms with van der Waals surface area (Å²) >= 11 is 0. The van der Waals surface area contributed by atoms with Crippen molar-refractivity contribution in [3.8, 4) is 11.6 Å². The van der Waals surface area contributed by atoms with E-state index < -0.39 is 18.0 Å². The number of hydrazine groups is 1. The summed E-state index contributed by atoms with van der Waals surface area (Å²) in [5.41, 5.74) is 3.65. The average molecular weight is 611 g/mol. The molecule has 0 aliphatic carbocycles. The number of nitrogens with zero attached hydrogens (tertiary/aromatic N) is 6. The number of para-hydroxylation sites is 1.